The Morgan fingerprint density at radius 2 is 1.04 bits per heavy atom. The number of hydrogen-bond acceptors (Lipinski definition) is 3. The first-order valence-electron chi connectivity index (χ1n) is 7.85. The molecule has 0 aliphatic heterocycles. The molecule has 0 spiro atoms. The van der Waals surface area contributed by atoms with Crippen LogP contribution in [0.4, 0.5) is 17.1 Å². The Bertz CT molecular complexity index is 921. The molecular weight excluding hydrogens is 394 g/mol. The molecule has 5 nitrogen and oxygen atoms in total. The molecule has 4 N–H and O–H groups in total. The Morgan fingerprint density at radius 1 is 0.654 bits per heavy atom. The molecule has 6 heteroatoms. The van der Waals surface area contributed by atoms with E-state index in [4.69, 9.17) is 5.73 Å². The van der Waals surface area contributed by atoms with Crippen LogP contribution in [0.1, 0.15) is 20.7 Å². The fourth-order valence-electron chi connectivity index (χ4n) is 2.28. The number of anilines is 3. The Labute approximate surface area is 159 Å². The number of nitrogens with two attached hydrogens (primary N) is 1. The first-order chi connectivity index (χ1) is 12.5. The quantitative estimate of drug-likeness (QED) is 0.553. The van der Waals surface area contributed by atoms with Crippen molar-refractivity contribution < 1.29 is 9.59 Å². The molecule has 26 heavy (non-hydrogen) atoms. The molecule has 3 rings (SSSR count). The van der Waals surface area contributed by atoms with Crippen LogP contribution in [0.3, 0.4) is 0 Å². The number of benzene rings is 3. The van der Waals surface area contributed by atoms with Gasteiger partial charge in [-0.2, -0.15) is 0 Å². The lowest BCUT2D eigenvalue weighted by atomic mass is 10.1. The fraction of sp³-hybridized carbons (Fsp3) is 0. The normalized spacial score (nSPS) is 10.2. The lowest BCUT2D eigenvalue weighted by molar-refractivity contribution is 0.102. The van der Waals surface area contributed by atoms with Crippen molar-refractivity contribution in [1.82, 2.24) is 0 Å². The maximum atomic E-state index is 12.3. The van der Waals surface area contributed by atoms with E-state index < -0.39 is 0 Å². The second-order valence-corrected chi connectivity index (χ2v) is 6.53. The summed E-state index contributed by atoms with van der Waals surface area (Å²) in [5, 5.41) is 5.59. The van der Waals surface area contributed by atoms with Crippen LogP contribution in [-0.2, 0) is 0 Å². The van der Waals surface area contributed by atoms with E-state index in [1.165, 1.54) is 0 Å². The van der Waals surface area contributed by atoms with Gasteiger partial charge in [-0.1, -0.05) is 15.9 Å². The number of nitrogen functional groups attached to an aromatic ring is 1. The van der Waals surface area contributed by atoms with E-state index in [2.05, 4.69) is 26.6 Å². The minimum absolute atomic E-state index is 0.212. The monoisotopic (exact) mass is 409 g/mol. The summed E-state index contributed by atoms with van der Waals surface area (Å²) in [6.07, 6.45) is 0. The summed E-state index contributed by atoms with van der Waals surface area (Å²) in [6.45, 7) is 0. The standard InChI is InChI=1S/C20H16BrN3O2/c21-15-5-1-13(2-6-15)19(25)23-17-9-3-14(4-10-17)20(26)24-18-11-7-16(22)8-12-18/h1-12H,22H2,(H,23,25)(H,24,26). The van der Waals surface area contributed by atoms with Gasteiger partial charge >= 0.3 is 0 Å². The zero-order chi connectivity index (χ0) is 18.5. The van der Waals surface area contributed by atoms with Crippen LogP contribution < -0.4 is 16.4 Å². The zero-order valence-corrected chi connectivity index (χ0v) is 15.3. The number of carbonyl (C=O) groups excluding carboxylic acids is 2. The maximum absolute atomic E-state index is 12.3. The van der Waals surface area contributed by atoms with E-state index in [0.29, 0.717) is 28.2 Å². The van der Waals surface area contributed by atoms with Gasteiger partial charge in [0.1, 0.15) is 0 Å². The molecule has 0 radical (unpaired) electrons. The van der Waals surface area contributed by atoms with Gasteiger partial charge in [-0.15, -0.1) is 0 Å². The predicted molar refractivity (Wildman–Crippen MR) is 107 cm³/mol. The second-order valence-electron chi connectivity index (χ2n) is 5.61. The Balaban J connectivity index is 1.64. The Morgan fingerprint density at radius 3 is 1.50 bits per heavy atom. The lowest BCUT2D eigenvalue weighted by Gasteiger charge is -2.08. The van der Waals surface area contributed by atoms with Crippen LogP contribution in [0.15, 0.2) is 77.3 Å². The number of nitrogens with one attached hydrogen (secondary N) is 2. The van der Waals surface area contributed by atoms with E-state index in [1.54, 1.807) is 72.8 Å². The van der Waals surface area contributed by atoms with Crippen LogP contribution in [0.2, 0.25) is 0 Å². The third kappa shape index (κ3) is 4.49. The second kappa shape index (κ2) is 7.84. The number of hydrogen-bond donors (Lipinski definition) is 3. The van der Waals surface area contributed by atoms with Gasteiger partial charge in [-0.25, -0.2) is 0 Å². The molecule has 0 atom stereocenters. The van der Waals surface area contributed by atoms with Gasteiger partial charge in [-0.05, 0) is 72.8 Å². The molecule has 0 unspecified atom stereocenters. The first kappa shape index (κ1) is 17.7. The highest BCUT2D eigenvalue weighted by Gasteiger charge is 2.08. The van der Waals surface area contributed by atoms with Crippen molar-refractivity contribution in [3.05, 3.63) is 88.4 Å². The molecule has 3 aromatic rings. The summed E-state index contributed by atoms with van der Waals surface area (Å²) >= 11 is 3.33. The molecule has 0 bridgehead atoms. The molecule has 0 aromatic heterocycles. The third-order valence-corrected chi connectivity index (χ3v) is 4.21. The summed E-state index contributed by atoms with van der Waals surface area (Å²) in [6, 6.07) is 20.7. The van der Waals surface area contributed by atoms with Crippen molar-refractivity contribution >= 4 is 44.8 Å². The van der Waals surface area contributed by atoms with E-state index >= 15 is 0 Å². The van der Waals surface area contributed by atoms with E-state index in [9.17, 15) is 9.59 Å². The molecule has 3 aromatic carbocycles. The largest absolute Gasteiger partial charge is 0.399 e. The molecule has 0 saturated carbocycles. The molecule has 130 valence electrons. The molecule has 0 aliphatic rings. The van der Waals surface area contributed by atoms with Crippen LogP contribution in [0.25, 0.3) is 0 Å². The minimum atomic E-state index is -0.236. The van der Waals surface area contributed by atoms with Crippen molar-refractivity contribution in [2.45, 2.75) is 0 Å². The summed E-state index contributed by atoms with van der Waals surface area (Å²) in [5.74, 6) is -0.447. The average molecular weight is 410 g/mol. The van der Waals surface area contributed by atoms with Crippen molar-refractivity contribution in [1.29, 1.82) is 0 Å². The van der Waals surface area contributed by atoms with Crippen molar-refractivity contribution in [3.8, 4) is 0 Å². The van der Waals surface area contributed by atoms with E-state index in [-0.39, 0.29) is 11.8 Å². The lowest BCUT2D eigenvalue weighted by Crippen LogP contribution is -2.13. The smallest absolute Gasteiger partial charge is 0.255 e. The average Bonchev–Trinajstić information content (AvgIpc) is 2.64. The zero-order valence-electron chi connectivity index (χ0n) is 13.7. The molecule has 2 amide bonds. The van der Waals surface area contributed by atoms with Crippen LogP contribution in [-0.4, -0.2) is 11.8 Å². The van der Waals surface area contributed by atoms with Crippen LogP contribution in [0.5, 0.6) is 0 Å². The van der Waals surface area contributed by atoms with Gasteiger partial charge in [-0.3, -0.25) is 9.59 Å². The Kier molecular flexibility index (Phi) is 5.34. The van der Waals surface area contributed by atoms with Crippen LogP contribution in [0, 0.1) is 0 Å². The summed E-state index contributed by atoms with van der Waals surface area (Å²) in [5.41, 5.74) is 8.58. The highest BCUT2D eigenvalue weighted by Crippen LogP contribution is 2.16. The molecular formula is C20H16BrN3O2. The van der Waals surface area contributed by atoms with Gasteiger partial charge in [0, 0.05) is 32.7 Å². The maximum Gasteiger partial charge on any atom is 0.255 e. The predicted octanol–water partition coefficient (Wildman–Crippen LogP) is 4.54. The summed E-state index contributed by atoms with van der Waals surface area (Å²) in [7, 11) is 0. The highest BCUT2D eigenvalue weighted by atomic mass is 79.9. The van der Waals surface area contributed by atoms with Crippen LogP contribution >= 0.6 is 15.9 Å². The van der Waals surface area contributed by atoms with Gasteiger partial charge in [0.2, 0.25) is 0 Å². The highest BCUT2D eigenvalue weighted by molar-refractivity contribution is 9.10. The topological polar surface area (TPSA) is 84.2 Å². The minimum Gasteiger partial charge on any atom is -0.399 e. The summed E-state index contributed by atoms with van der Waals surface area (Å²) in [4.78, 5) is 24.4. The SMILES string of the molecule is Nc1ccc(NC(=O)c2ccc(NC(=O)c3ccc(Br)cc3)cc2)cc1. The fourth-order valence-corrected chi connectivity index (χ4v) is 2.54. The van der Waals surface area contributed by atoms with Gasteiger partial charge in [0.25, 0.3) is 11.8 Å². The molecule has 0 saturated heterocycles. The number of amides is 2. The molecule has 0 heterocycles. The molecule has 0 aliphatic carbocycles. The Hall–Kier alpha value is -3.12. The number of halogens is 1. The third-order valence-electron chi connectivity index (χ3n) is 3.68. The summed E-state index contributed by atoms with van der Waals surface area (Å²) < 4.78 is 0.908. The number of carbonyl (C=O) groups is 2. The van der Waals surface area contributed by atoms with E-state index in [1.807, 2.05) is 0 Å². The van der Waals surface area contributed by atoms with E-state index in [0.717, 1.165) is 4.47 Å². The van der Waals surface area contributed by atoms with Gasteiger partial charge in [0.05, 0.1) is 0 Å². The van der Waals surface area contributed by atoms with Crippen molar-refractivity contribution in [3.63, 3.8) is 0 Å². The van der Waals surface area contributed by atoms with Crippen molar-refractivity contribution in [2.24, 2.45) is 0 Å². The number of rotatable bonds is 4. The first-order valence-corrected chi connectivity index (χ1v) is 8.64. The van der Waals surface area contributed by atoms with Crippen molar-refractivity contribution in [2.75, 3.05) is 16.4 Å². The van der Waals surface area contributed by atoms with Gasteiger partial charge in [0.15, 0.2) is 0 Å². The molecule has 0 fully saturated rings. The van der Waals surface area contributed by atoms with Gasteiger partial charge < -0.3 is 16.4 Å².